The van der Waals surface area contributed by atoms with Crippen molar-refractivity contribution < 1.29 is 9.18 Å². The minimum atomic E-state index is -0.332. The molecule has 2 rings (SSSR count). The van der Waals surface area contributed by atoms with E-state index in [2.05, 4.69) is 21.2 Å². The number of carbonyl (C=O) groups is 1. The van der Waals surface area contributed by atoms with E-state index in [-0.39, 0.29) is 18.1 Å². The SMILES string of the molecule is O=C(Cc1cccc(F)c1)Nc1ccccc1Br. The highest BCUT2D eigenvalue weighted by Gasteiger charge is 2.06. The first-order chi connectivity index (χ1) is 8.65. The van der Waals surface area contributed by atoms with Crippen molar-refractivity contribution in [2.75, 3.05) is 5.32 Å². The molecule has 0 aliphatic rings. The fraction of sp³-hybridized carbons (Fsp3) is 0.0714. The van der Waals surface area contributed by atoms with Crippen LogP contribution in [0.1, 0.15) is 5.56 Å². The lowest BCUT2D eigenvalue weighted by molar-refractivity contribution is -0.115. The molecule has 2 aromatic rings. The van der Waals surface area contributed by atoms with Gasteiger partial charge < -0.3 is 5.32 Å². The molecular weight excluding hydrogens is 297 g/mol. The molecule has 0 fully saturated rings. The normalized spacial score (nSPS) is 10.1. The van der Waals surface area contributed by atoms with E-state index < -0.39 is 0 Å². The van der Waals surface area contributed by atoms with Crippen LogP contribution >= 0.6 is 15.9 Å². The van der Waals surface area contributed by atoms with Crippen molar-refractivity contribution in [1.29, 1.82) is 0 Å². The molecule has 0 saturated carbocycles. The Bertz CT molecular complexity index is 571. The average Bonchev–Trinajstić information content (AvgIpc) is 2.32. The Kier molecular flexibility index (Phi) is 4.10. The third-order valence-corrected chi connectivity index (χ3v) is 3.09. The van der Waals surface area contributed by atoms with Crippen molar-refractivity contribution >= 4 is 27.5 Å². The molecule has 0 aromatic heterocycles. The maximum absolute atomic E-state index is 13.0. The monoisotopic (exact) mass is 307 g/mol. The second-order valence-electron chi connectivity index (χ2n) is 3.83. The highest BCUT2D eigenvalue weighted by atomic mass is 79.9. The minimum Gasteiger partial charge on any atom is -0.325 e. The van der Waals surface area contributed by atoms with Crippen LogP contribution in [0.15, 0.2) is 53.0 Å². The van der Waals surface area contributed by atoms with Crippen LogP contribution < -0.4 is 5.32 Å². The number of carbonyl (C=O) groups excluding carboxylic acids is 1. The van der Waals surface area contributed by atoms with Crippen molar-refractivity contribution in [3.63, 3.8) is 0 Å². The maximum atomic E-state index is 13.0. The van der Waals surface area contributed by atoms with Gasteiger partial charge in [0.1, 0.15) is 5.82 Å². The molecule has 0 bridgehead atoms. The summed E-state index contributed by atoms with van der Waals surface area (Å²) in [5.41, 5.74) is 1.36. The zero-order chi connectivity index (χ0) is 13.0. The van der Waals surface area contributed by atoms with Crippen LogP contribution in [0.25, 0.3) is 0 Å². The molecule has 0 atom stereocenters. The molecule has 0 saturated heterocycles. The van der Waals surface area contributed by atoms with Gasteiger partial charge in [0.15, 0.2) is 0 Å². The Balaban J connectivity index is 2.03. The number of amides is 1. The fourth-order valence-corrected chi connectivity index (χ4v) is 1.97. The summed E-state index contributed by atoms with van der Waals surface area (Å²) in [5.74, 6) is -0.506. The topological polar surface area (TPSA) is 29.1 Å². The lowest BCUT2D eigenvalue weighted by Gasteiger charge is -2.07. The number of rotatable bonds is 3. The van der Waals surface area contributed by atoms with E-state index in [1.807, 2.05) is 18.2 Å². The molecule has 0 radical (unpaired) electrons. The third-order valence-electron chi connectivity index (χ3n) is 2.40. The molecule has 2 nitrogen and oxygen atoms in total. The van der Waals surface area contributed by atoms with Crippen LogP contribution in [0.3, 0.4) is 0 Å². The number of halogens is 2. The second kappa shape index (κ2) is 5.78. The number of para-hydroxylation sites is 1. The van der Waals surface area contributed by atoms with Crippen LogP contribution in [0.2, 0.25) is 0 Å². The van der Waals surface area contributed by atoms with Crippen molar-refractivity contribution in [1.82, 2.24) is 0 Å². The number of benzene rings is 2. The summed E-state index contributed by atoms with van der Waals surface area (Å²) >= 11 is 3.35. The van der Waals surface area contributed by atoms with Gasteiger partial charge in [0, 0.05) is 4.47 Å². The van der Waals surface area contributed by atoms with Gasteiger partial charge in [-0.15, -0.1) is 0 Å². The molecule has 0 aliphatic heterocycles. The molecule has 18 heavy (non-hydrogen) atoms. The first-order valence-electron chi connectivity index (χ1n) is 5.44. The van der Waals surface area contributed by atoms with E-state index in [0.29, 0.717) is 11.3 Å². The first kappa shape index (κ1) is 12.8. The smallest absolute Gasteiger partial charge is 0.228 e. The maximum Gasteiger partial charge on any atom is 0.228 e. The van der Waals surface area contributed by atoms with Gasteiger partial charge in [-0.25, -0.2) is 4.39 Å². The van der Waals surface area contributed by atoms with E-state index in [1.165, 1.54) is 12.1 Å². The second-order valence-corrected chi connectivity index (χ2v) is 4.69. The molecule has 0 aliphatic carbocycles. The molecule has 2 aromatic carbocycles. The van der Waals surface area contributed by atoms with Crippen molar-refractivity contribution in [2.24, 2.45) is 0 Å². The zero-order valence-corrected chi connectivity index (χ0v) is 11.1. The van der Waals surface area contributed by atoms with Crippen LogP contribution in [0, 0.1) is 5.82 Å². The van der Waals surface area contributed by atoms with E-state index in [4.69, 9.17) is 0 Å². The van der Waals surface area contributed by atoms with Gasteiger partial charge in [-0.1, -0.05) is 24.3 Å². The standard InChI is InChI=1S/C14H11BrFNO/c15-12-6-1-2-7-13(12)17-14(18)9-10-4-3-5-11(16)8-10/h1-8H,9H2,(H,17,18). The summed E-state index contributed by atoms with van der Waals surface area (Å²) in [6.07, 6.45) is 0.152. The fourth-order valence-electron chi connectivity index (χ4n) is 1.59. The predicted octanol–water partition coefficient (Wildman–Crippen LogP) is 3.77. The van der Waals surface area contributed by atoms with Gasteiger partial charge in [0.05, 0.1) is 12.1 Å². The highest BCUT2D eigenvalue weighted by molar-refractivity contribution is 9.10. The van der Waals surface area contributed by atoms with Crippen LogP contribution in [-0.4, -0.2) is 5.91 Å². The summed E-state index contributed by atoms with van der Waals surface area (Å²) in [4.78, 5) is 11.8. The van der Waals surface area contributed by atoms with Gasteiger partial charge in [0.25, 0.3) is 0 Å². The van der Waals surface area contributed by atoms with E-state index in [0.717, 1.165) is 4.47 Å². The lowest BCUT2D eigenvalue weighted by Crippen LogP contribution is -2.14. The van der Waals surface area contributed by atoms with Crippen LogP contribution in [0.4, 0.5) is 10.1 Å². The average molecular weight is 308 g/mol. The molecule has 0 unspecified atom stereocenters. The number of anilines is 1. The Labute approximate surface area is 113 Å². The Morgan fingerprint density at radius 1 is 1.17 bits per heavy atom. The summed E-state index contributed by atoms with van der Waals surface area (Å²) in [6, 6.07) is 13.4. The molecule has 4 heteroatoms. The Morgan fingerprint density at radius 3 is 2.67 bits per heavy atom. The van der Waals surface area contributed by atoms with E-state index in [1.54, 1.807) is 18.2 Å². The van der Waals surface area contributed by atoms with E-state index in [9.17, 15) is 9.18 Å². The summed E-state index contributed by atoms with van der Waals surface area (Å²) in [7, 11) is 0. The molecule has 1 N–H and O–H groups in total. The summed E-state index contributed by atoms with van der Waals surface area (Å²) < 4.78 is 13.8. The van der Waals surface area contributed by atoms with Crippen LogP contribution in [0.5, 0.6) is 0 Å². The number of nitrogens with one attached hydrogen (secondary N) is 1. The van der Waals surface area contributed by atoms with Gasteiger partial charge in [0.2, 0.25) is 5.91 Å². The molecule has 0 spiro atoms. The number of hydrogen-bond donors (Lipinski definition) is 1. The summed E-state index contributed by atoms with van der Waals surface area (Å²) in [5, 5.41) is 2.77. The summed E-state index contributed by atoms with van der Waals surface area (Å²) in [6.45, 7) is 0. The Morgan fingerprint density at radius 2 is 1.94 bits per heavy atom. The highest BCUT2D eigenvalue weighted by Crippen LogP contribution is 2.21. The molecule has 92 valence electrons. The third kappa shape index (κ3) is 3.40. The van der Waals surface area contributed by atoms with Crippen molar-refractivity contribution in [3.8, 4) is 0 Å². The van der Waals surface area contributed by atoms with E-state index >= 15 is 0 Å². The number of hydrogen-bond acceptors (Lipinski definition) is 1. The first-order valence-corrected chi connectivity index (χ1v) is 6.23. The van der Waals surface area contributed by atoms with Gasteiger partial charge in [-0.05, 0) is 45.8 Å². The largest absolute Gasteiger partial charge is 0.325 e. The molecule has 0 heterocycles. The molecular formula is C14H11BrFNO. The quantitative estimate of drug-likeness (QED) is 0.919. The molecule has 1 amide bonds. The lowest BCUT2D eigenvalue weighted by atomic mass is 10.1. The Hall–Kier alpha value is -1.68. The zero-order valence-electron chi connectivity index (χ0n) is 9.49. The van der Waals surface area contributed by atoms with Gasteiger partial charge in [-0.3, -0.25) is 4.79 Å². The van der Waals surface area contributed by atoms with Crippen molar-refractivity contribution in [2.45, 2.75) is 6.42 Å². The van der Waals surface area contributed by atoms with Gasteiger partial charge >= 0.3 is 0 Å². The van der Waals surface area contributed by atoms with Crippen LogP contribution in [-0.2, 0) is 11.2 Å². The van der Waals surface area contributed by atoms with Crippen molar-refractivity contribution in [3.05, 3.63) is 64.4 Å². The predicted molar refractivity (Wildman–Crippen MR) is 72.9 cm³/mol. The van der Waals surface area contributed by atoms with Gasteiger partial charge in [-0.2, -0.15) is 0 Å². The minimum absolute atomic E-state index is 0.152.